The van der Waals surface area contributed by atoms with E-state index >= 15 is 0 Å². The predicted octanol–water partition coefficient (Wildman–Crippen LogP) is 4.99. The molecule has 0 fully saturated rings. The first-order valence-corrected chi connectivity index (χ1v) is 25.1. The van der Waals surface area contributed by atoms with E-state index in [9.17, 15) is 52.2 Å². The molecule has 0 aliphatic carbocycles. The lowest BCUT2D eigenvalue weighted by Gasteiger charge is -2.35. The van der Waals surface area contributed by atoms with E-state index in [1.165, 1.54) is 29.3 Å². The lowest BCUT2D eigenvalue weighted by Crippen LogP contribution is -2.56. The van der Waals surface area contributed by atoms with Crippen LogP contribution in [0.3, 0.4) is 0 Å². The lowest BCUT2D eigenvalue weighted by atomic mass is 9.78. The summed E-state index contributed by atoms with van der Waals surface area (Å²) in [4.78, 5) is 59.1. The number of carbonyl (C=O) groups excluding carboxylic acids is 4. The highest BCUT2D eigenvalue weighted by molar-refractivity contribution is 6.67. The number of halogens is 4. The second-order valence-electron chi connectivity index (χ2n) is 21.8. The van der Waals surface area contributed by atoms with Gasteiger partial charge in [-0.15, -0.1) is 0 Å². The van der Waals surface area contributed by atoms with Crippen molar-refractivity contribution in [3.8, 4) is 0 Å². The minimum absolute atomic E-state index is 0.0411. The molecule has 0 unspecified atom stereocenters. The molecule has 0 radical (unpaired) electrons. The number of amides is 3. The summed E-state index contributed by atoms with van der Waals surface area (Å²) in [5.41, 5.74) is 14.9. The first-order chi connectivity index (χ1) is 36.5. The zero-order chi connectivity index (χ0) is 59.6. The molecule has 422 valence electrons. The summed E-state index contributed by atoms with van der Waals surface area (Å²) in [5, 5.41) is 38.0. The Balaban J connectivity index is 0.000000232. The Kier molecular flexibility index (Phi) is 22.4. The third-order valence-electron chi connectivity index (χ3n) is 11.4. The van der Waals surface area contributed by atoms with E-state index in [2.05, 4.69) is 21.7 Å². The van der Waals surface area contributed by atoms with Gasteiger partial charge in [-0.2, -0.15) is 0 Å². The molecule has 0 saturated heterocycles. The first-order valence-electron chi connectivity index (χ1n) is 24.7. The van der Waals surface area contributed by atoms with Gasteiger partial charge in [-0.3, -0.25) is 41.3 Å². The molecule has 0 saturated carbocycles. The number of carbonyl (C=O) groups is 5. The number of hydrazine groups is 3. The Labute approximate surface area is 463 Å². The van der Waals surface area contributed by atoms with Crippen molar-refractivity contribution in [2.75, 3.05) is 0 Å². The topological polar surface area (TPSA) is 271 Å². The Bertz CT molecular complexity index is 3040. The van der Waals surface area contributed by atoms with Gasteiger partial charge in [-0.05, 0) is 161 Å². The van der Waals surface area contributed by atoms with E-state index < -0.39 is 78.8 Å². The van der Waals surface area contributed by atoms with Crippen LogP contribution in [0, 0.1) is 45.1 Å². The van der Waals surface area contributed by atoms with E-state index in [0.29, 0.717) is 27.8 Å². The number of nitrogens with zero attached hydrogens (tertiary/aromatic N) is 1. The van der Waals surface area contributed by atoms with E-state index in [1.54, 1.807) is 51.1 Å². The van der Waals surface area contributed by atoms with Gasteiger partial charge in [-0.1, -0.05) is 52.6 Å². The van der Waals surface area contributed by atoms with E-state index in [4.69, 9.17) is 36.5 Å². The van der Waals surface area contributed by atoms with Gasteiger partial charge < -0.3 is 34.1 Å². The van der Waals surface area contributed by atoms with Gasteiger partial charge in [0.15, 0.2) is 0 Å². The molecule has 8 rings (SSSR count). The van der Waals surface area contributed by atoms with Gasteiger partial charge in [0.1, 0.15) is 17.5 Å². The molecule has 79 heavy (non-hydrogen) atoms. The quantitative estimate of drug-likeness (QED) is 0.0469. The van der Waals surface area contributed by atoms with Crippen LogP contribution in [0.5, 0.6) is 0 Å². The average molecular weight is 1120 g/mol. The summed E-state index contributed by atoms with van der Waals surface area (Å²) in [6.45, 7) is 24.9. The molecular formula is C54H67B3ClF3N6O12. The van der Waals surface area contributed by atoms with E-state index in [1.807, 2.05) is 81.4 Å². The molecule has 0 spiro atoms. The van der Waals surface area contributed by atoms with Gasteiger partial charge >= 0.3 is 27.3 Å². The molecule has 5 aromatic carbocycles. The van der Waals surface area contributed by atoms with Crippen molar-refractivity contribution < 1.29 is 71.3 Å². The highest BCUT2D eigenvalue weighted by atomic mass is 35.5. The van der Waals surface area contributed by atoms with Gasteiger partial charge in [0.05, 0.1) is 42.0 Å². The number of carboxylic acid groups (broad SMARTS) is 1. The Morgan fingerprint density at radius 2 is 0.911 bits per heavy atom. The van der Waals surface area contributed by atoms with Crippen LogP contribution < -0.4 is 43.9 Å². The smallest absolute Gasteiger partial charge is 0.478 e. The number of aryl methyl sites for hydroxylation is 4. The van der Waals surface area contributed by atoms with Gasteiger partial charge in [0.2, 0.25) is 0 Å². The maximum Gasteiger partial charge on any atom is 0.494 e. The first kappa shape index (κ1) is 65.1. The third-order valence-corrected chi connectivity index (χ3v) is 11.7. The van der Waals surface area contributed by atoms with Crippen molar-refractivity contribution in [2.24, 2.45) is 5.84 Å². The molecule has 0 aromatic heterocycles. The standard InChI is InChI=1S/C21H24BFN2O4.C12H16BFN2O3.C9H9ClO.C8H6BFO4.C4H12N2/c1-12-8-13(2)10-15(9-12)20(27)25(21(3,4)5)24-19(26)16-7-6-14-11-29-22(28)17(14)18(16)23;1-12(2,3)16-15-11(17)8-5-4-7-6-19-13(18)9(7)10(8)14;1-6-3-7(2)5-8(4-6)9(10)11;10-7-5(8(11)12)2-1-4-3-14-9(13)6(4)7;1-4(2,3)6-5/h6-10,28H,11H2,1-5H3,(H,24,26);4-5,16,18H,6H2,1-3H3,(H,15,17);3-5H,1-2H3;1-2,13H,3H2,(H,11,12);6H,5H2,1-3H3. The molecule has 0 atom stereocenters. The van der Waals surface area contributed by atoms with Crippen LogP contribution in [0.2, 0.25) is 0 Å². The number of benzene rings is 5. The lowest BCUT2D eigenvalue weighted by molar-refractivity contribution is 0.0357. The number of hydrogen-bond donors (Lipinski definition) is 9. The summed E-state index contributed by atoms with van der Waals surface area (Å²) >= 11 is 5.31. The largest absolute Gasteiger partial charge is 0.494 e. The molecule has 18 nitrogen and oxygen atoms in total. The Hall–Kier alpha value is -6.44. The number of carboxylic acids is 1. The summed E-state index contributed by atoms with van der Waals surface area (Å²) in [6.07, 6.45) is 0. The summed E-state index contributed by atoms with van der Waals surface area (Å²) < 4.78 is 57.2. The number of nitrogens with one attached hydrogen (secondary N) is 4. The van der Waals surface area contributed by atoms with Crippen LogP contribution >= 0.6 is 11.6 Å². The molecule has 0 bridgehead atoms. The monoisotopic (exact) mass is 1120 g/mol. The molecule has 10 N–H and O–H groups in total. The number of aromatic carboxylic acids is 1. The molecule has 25 heteroatoms. The summed E-state index contributed by atoms with van der Waals surface area (Å²) in [6, 6.07) is 19.4. The van der Waals surface area contributed by atoms with Crippen LogP contribution in [0.1, 0.15) is 153 Å². The van der Waals surface area contributed by atoms with Crippen LogP contribution in [0.25, 0.3) is 0 Å². The fourth-order valence-electron chi connectivity index (χ4n) is 7.66. The summed E-state index contributed by atoms with van der Waals surface area (Å²) in [7, 11) is -4.07. The fraction of sp³-hybridized carbons (Fsp3) is 0.352. The van der Waals surface area contributed by atoms with Crippen molar-refractivity contribution in [1.29, 1.82) is 0 Å². The van der Waals surface area contributed by atoms with Crippen molar-refractivity contribution in [3.63, 3.8) is 0 Å². The number of nitrogens with two attached hydrogens (primary N) is 1. The van der Waals surface area contributed by atoms with Crippen molar-refractivity contribution in [1.82, 2.24) is 26.7 Å². The normalized spacial score (nSPS) is 13.2. The average Bonchev–Trinajstić information content (AvgIpc) is 4.11. The molecule has 3 aliphatic rings. The maximum absolute atomic E-state index is 14.8. The zero-order valence-corrected chi connectivity index (χ0v) is 47.1. The van der Waals surface area contributed by atoms with Crippen molar-refractivity contribution in [3.05, 3.63) is 157 Å². The third kappa shape index (κ3) is 18.0. The molecule has 5 aromatic rings. The minimum Gasteiger partial charge on any atom is -0.478 e. The Morgan fingerprint density at radius 3 is 1.24 bits per heavy atom. The van der Waals surface area contributed by atoms with Crippen LogP contribution in [-0.4, -0.2) is 92.1 Å². The van der Waals surface area contributed by atoms with E-state index in [0.717, 1.165) is 28.3 Å². The number of hydrogen-bond acceptors (Lipinski definition) is 14. The highest BCUT2D eigenvalue weighted by Gasteiger charge is 2.37. The second-order valence-corrected chi connectivity index (χ2v) is 22.1. The number of rotatable bonds is 6. The SMILES string of the molecule is CC(C)(C)NN.CC(C)(C)NNC(=O)c1ccc2c(c1F)B(O)OC2.Cc1cc(C)cc(C(=O)Cl)c1.Cc1cc(C)cc(C(=O)N(NC(=O)c2ccc3c(c2F)B(O)OC3)C(C)(C)C)c1.O=C(O)c1ccc2c(c1F)B(O)OC2. The minimum atomic E-state index is -1.41. The molecule has 3 amide bonds. The Morgan fingerprint density at radius 1 is 0.570 bits per heavy atom. The van der Waals surface area contributed by atoms with Crippen LogP contribution in [0.15, 0.2) is 72.8 Å². The second kappa shape index (κ2) is 27.2. The van der Waals surface area contributed by atoms with Crippen molar-refractivity contribution >= 4 is 78.3 Å². The fourth-order valence-corrected chi connectivity index (χ4v) is 7.77. The van der Waals surface area contributed by atoms with Crippen LogP contribution in [0.4, 0.5) is 13.2 Å². The van der Waals surface area contributed by atoms with Crippen LogP contribution in [-0.2, 0) is 33.8 Å². The molecule has 3 aliphatic heterocycles. The van der Waals surface area contributed by atoms with Gasteiger partial charge in [0, 0.05) is 38.6 Å². The van der Waals surface area contributed by atoms with Crippen molar-refractivity contribution in [2.45, 2.75) is 126 Å². The highest BCUT2D eigenvalue weighted by Crippen LogP contribution is 2.22. The van der Waals surface area contributed by atoms with Gasteiger partial charge in [0.25, 0.3) is 23.0 Å². The molecular weight excluding hydrogens is 1050 g/mol. The summed E-state index contributed by atoms with van der Waals surface area (Å²) in [5.74, 6) is -0.577. The molecule has 3 heterocycles. The van der Waals surface area contributed by atoms with E-state index in [-0.39, 0.29) is 58.4 Å². The number of fused-ring (bicyclic) bond motifs is 3. The maximum atomic E-state index is 14.8. The predicted molar refractivity (Wildman–Crippen MR) is 296 cm³/mol. The van der Waals surface area contributed by atoms with Gasteiger partial charge in [-0.25, -0.2) is 28.4 Å². The zero-order valence-electron chi connectivity index (χ0n) is 46.4.